The molecule has 0 aromatic carbocycles. The summed E-state index contributed by atoms with van der Waals surface area (Å²) in [6.07, 6.45) is 18.4. The second-order valence-corrected chi connectivity index (χ2v) is 11.9. The summed E-state index contributed by atoms with van der Waals surface area (Å²) in [5.41, 5.74) is 4.07. The van der Waals surface area contributed by atoms with Crippen molar-refractivity contribution in [1.82, 2.24) is 0 Å². The summed E-state index contributed by atoms with van der Waals surface area (Å²) in [4.78, 5) is 0. The van der Waals surface area contributed by atoms with Crippen molar-refractivity contribution in [2.75, 3.05) is 0 Å². The number of aliphatic hydroxyl groups excluding tert-OH is 1. The lowest BCUT2D eigenvalue weighted by molar-refractivity contribution is 0.0382. The van der Waals surface area contributed by atoms with Crippen LogP contribution in [0.3, 0.4) is 0 Å². The molecule has 3 saturated carbocycles. The topological polar surface area (TPSA) is 20.2 Å². The van der Waals surface area contributed by atoms with Crippen molar-refractivity contribution in [3.63, 3.8) is 0 Å². The van der Waals surface area contributed by atoms with Gasteiger partial charge < -0.3 is 5.11 Å². The number of hydrogen-bond donors (Lipinski definition) is 1. The predicted molar refractivity (Wildman–Crippen MR) is 123 cm³/mol. The first-order valence-corrected chi connectivity index (χ1v) is 12.4. The highest BCUT2D eigenvalue weighted by atomic mass is 16.3. The zero-order valence-corrected chi connectivity index (χ0v) is 19.7. The summed E-state index contributed by atoms with van der Waals surface area (Å²) < 4.78 is 0. The molecule has 0 heterocycles. The van der Waals surface area contributed by atoms with Crippen LogP contribution < -0.4 is 0 Å². The van der Waals surface area contributed by atoms with Crippen LogP contribution in [-0.2, 0) is 0 Å². The maximum absolute atomic E-state index is 10.2. The summed E-state index contributed by atoms with van der Waals surface area (Å²) in [5.74, 6) is 4.38. The lowest BCUT2D eigenvalue weighted by atomic mass is 9.50. The van der Waals surface area contributed by atoms with Gasteiger partial charge in [0.15, 0.2) is 0 Å². The average Bonchev–Trinajstić information content (AvgIpc) is 3.03. The Kier molecular flexibility index (Phi) is 5.69. The minimum Gasteiger partial charge on any atom is -0.393 e. The molecule has 0 amide bonds. The van der Waals surface area contributed by atoms with Gasteiger partial charge in [-0.3, -0.25) is 0 Å². The minimum atomic E-state index is -0.116. The van der Waals surface area contributed by atoms with E-state index in [2.05, 4.69) is 65.8 Å². The maximum atomic E-state index is 10.2. The first-order valence-electron chi connectivity index (χ1n) is 12.4. The van der Waals surface area contributed by atoms with E-state index in [0.717, 1.165) is 36.5 Å². The van der Waals surface area contributed by atoms with Gasteiger partial charge in [-0.15, -0.1) is 0 Å². The molecular formula is C28H44O. The van der Waals surface area contributed by atoms with Gasteiger partial charge in [0.25, 0.3) is 0 Å². The average molecular weight is 397 g/mol. The van der Waals surface area contributed by atoms with Crippen molar-refractivity contribution >= 4 is 0 Å². The van der Waals surface area contributed by atoms with Gasteiger partial charge in [0.2, 0.25) is 0 Å². The van der Waals surface area contributed by atoms with Gasteiger partial charge in [-0.05, 0) is 91.3 Å². The van der Waals surface area contributed by atoms with Crippen molar-refractivity contribution in [3.8, 4) is 0 Å². The molecule has 4 rings (SSSR count). The SMILES string of the molecule is CC(C)[C@@H](C)/C=C\[C@H](C)[C@@H]1CC[C@@H]2C3=CC=C4C[C@@H](O)CC[C@]4(C)[C@@H]3CC[C@@]21C. The van der Waals surface area contributed by atoms with E-state index in [1.165, 1.54) is 37.7 Å². The van der Waals surface area contributed by atoms with Gasteiger partial charge in [-0.25, -0.2) is 0 Å². The van der Waals surface area contributed by atoms with E-state index in [9.17, 15) is 5.11 Å². The van der Waals surface area contributed by atoms with Crippen LogP contribution in [-0.4, -0.2) is 11.2 Å². The van der Waals surface area contributed by atoms with E-state index in [1.807, 2.05) is 0 Å². The fourth-order valence-electron chi connectivity index (χ4n) is 7.59. The Morgan fingerprint density at radius 1 is 0.931 bits per heavy atom. The van der Waals surface area contributed by atoms with Crippen LogP contribution >= 0.6 is 0 Å². The highest BCUT2D eigenvalue weighted by Gasteiger charge is 2.56. The third kappa shape index (κ3) is 3.50. The highest BCUT2D eigenvalue weighted by Crippen LogP contribution is 2.65. The monoisotopic (exact) mass is 396 g/mol. The second kappa shape index (κ2) is 7.70. The van der Waals surface area contributed by atoms with Gasteiger partial charge in [0.05, 0.1) is 6.10 Å². The molecule has 0 spiro atoms. The van der Waals surface area contributed by atoms with Crippen molar-refractivity contribution in [3.05, 3.63) is 35.5 Å². The Balaban J connectivity index is 1.57. The van der Waals surface area contributed by atoms with Gasteiger partial charge in [-0.1, -0.05) is 77.0 Å². The molecule has 1 heteroatoms. The summed E-state index contributed by atoms with van der Waals surface area (Å²) in [6, 6.07) is 0. The van der Waals surface area contributed by atoms with Crippen molar-refractivity contribution < 1.29 is 5.11 Å². The van der Waals surface area contributed by atoms with Gasteiger partial charge in [-0.2, -0.15) is 0 Å². The molecule has 8 atom stereocenters. The molecule has 4 aliphatic carbocycles. The van der Waals surface area contributed by atoms with E-state index in [4.69, 9.17) is 0 Å². The molecule has 3 fully saturated rings. The molecule has 1 nitrogen and oxygen atoms in total. The van der Waals surface area contributed by atoms with Crippen LogP contribution in [0.1, 0.15) is 86.5 Å². The van der Waals surface area contributed by atoms with E-state index in [1.54, 1.807) is 5.57 Å². The molecular weight excluding hydrogens is 352 g/mol. The highest BCUT2D eigenvalue weighted by molar-refractivity contribution is 5.39. The normalized spacial score (nSPS) is 44.0. The van der Waals surface area contributed by atoms with Gasteiger partial charge >= 0.3 is 0 Å². The largest absolute Gasteiger partial charge is 0.393 e. The lowest BCUT2D eigenvalue weighted by Gasteiger charge is -2.55. The van der Waals surface area contributed by atoms with E-state index in [0.29, 0.717) is 22.7 Å². The van der Waals surface area contributed by atoms with Crippen molar-refractivity contribution in [2.45, 2.75) is 92.6 Å². The van der Waals surface area contributed by atoms with E-state index in [-0.39, 0.29) is 6.10 Å². The molecule has 0 saturated heterocycles. The molecule has 162 valence electrons. The van der Waals surface area contributed by atoms with Crippen LogP contribution in [0.2, 0.25) is 0 Å². The molecule has 0 aliphatic heterocycles. The number of aliphatic hydroxyl groups is 1. The Labute approximate surface area is 179 Å². The van der Waals surface area contributed by atoms with Crippen molar-refractivity contribution in [1.29, 1.82) is 0 Å². The number of fused-ring (bicyclic) bond motifs is 5. The molecule has 29 heavy (non-hydrogen) atoms. The summed E-state index contributed by atoms with van der Waals surface area (Å²) in [7, 11) is 0. The first kappa shape index (κ1) is 21.4. The molecule has 4 aliphatic rings. The molecule has 0 radical (unpaired) electrons. The Bertz CT molecular complexity index is 712. The number of allylic oxidation sites excluding steroid dienone is 5. The Morgan fingerprint density at radius 3 is 2.41 bits per heavy atom. The predicted octanol–water partition coefficient (Wildman–Crippen LogP) is 7.33. The minimum absolute atomic E-state index is 0.116. The van der Waals surface area contributed by atoms with Gasteiger partial charge in [0.1, 0.15) is 0 Å². The molecule has 0 aromatic heterocycles. The van der Waals surface area contributed by atoms with Crippen LogP contribution in [0.25, 0.3) is 0 Å². The third-order valence-electron chi connectivity index (χ3n) is 10.0. The quantitative estimate of drug-likeness (QED) is 0.493. The summed E-state index contributed by atoms with van der Waals surface area (Å²) in [5, 5.41) is 10.2. The molecule has 1 N–H and O–H groups in total. The molecule has 0 bridgehead atoms. The fraction of sp³-hybridized carbons (Fsp3) is 0.786. The Morgan fingerprint density at radius 2 is 1.69 bits per heavy atom. The third-order valence-corrected chi connectivity index (χ3v) is 10.0. The van der Waals surface area contributed by atoms with Crippen LogP contribution in [0.4, 0.5) is 0 Å². The van der Waals surface area contributed by atoms with E-state index >= 15 is 0 Å². The number of hydrogen-bond acceptors (Lipinski definition) is 1. The van der Waals surface area contributed by atoms with Crippen LogP contribution in [0.5, 0.6) is 0 Å². The zero-order chi connectivity index (χ0) is 21.0. The maximum Gasteiger partial charge on any atom is 0.0578 e. The summed E-state index contributed by atoms with van der Waals surface area (Å²) >= 11 is 0. The summed E-state index contributed by atoms with van der Waals surface area (Å²) in [6.45, 7) is 14.6. The molecule has 0 unspecified atom stereocenters. The standard InChI is InChI=1S/C28H44O/c1-18(2)19(3)7-8-20(4)24-11-12-25-23-10-9-21-17-22(29)13-15-27(21,5)26(23)14-16-28(24,25)6/h7-10,18-20,22,24-26,29H,11-17H2,1-6H3/b8-7-/t19-,20-,22-,24-,25+,26+,27-,28+/m0/s1. The first-order chi connectivity index (χ1) is 13.7. The smallest absolute Gasteiger partial charge is 0.0578 e. The van der Waals surface area contributed by atoms with E-state index < -0.39 is 0 Å². The van der Waals surface area contributed by atoms with Gasteiger partial charge in [0, 0.05) is 0 Å². The second-order valence-electron chi connectivity index (χ2n) is 11.9. The Hall–Kier alpha value is -0.820. The fourth-order valence-corrected chi connectivity index (χ4v) is 7.59. The molecule has 0 aromatic rings. The van der Waals surface area contributed by atoms with Crippen LogP contribution in [0.15, 0.2) is 35.5 Å². The lowest BCUT2D eigenvalue weighted by Crippen LogP contribution is -2.46. The van der Waals surface area contributed by atoms with Crippen LogP contribution in [0, 0.1) is 46.3 Å². The van der Waals surface area contributed by atoms with Crippen molar-refractivity contribution in [2.24, 2.45) is 46.3 Å². The zero-order valence-electron chi connectivity index (χ0n) is 19.7. The number of rotatable bonds is 4.